The van der Waals surface area contributed by atoms with E-state index in [1.807, 2.05) is 37.4 Å². The molecule has 0 aromatic heterocycles. The van der Waals surface area contributed by atoms with Crippen molar-refractivity contribution in [1.82, 2.24) is 0 Å². The van der Waals surface area contributed by atoms with E-state index < -0.39 is 0 Å². The predicted molar refractivity (Wildman–Crippen MR) is 160 cm³/mol. The molecular formula is C32H30N2S2. The number of nitrogens with one attached hydrogen (secondary N) is 1. The van der Waals surface area contributed by atoms with Gasteiger partial charge in [-0.2, -0.15) is 0 Å². The van der Waals surface area contributed by atoms with Crippen molar-refractivity contribution in [2.24, 2.45) is 0 Å². The van der Waals surface area contributed by atoms with Crippen LogP contribution in [0.4, 0.5) is 11.4 Å². The molecule has 4 heteroatoms. The molecule has 3 aromatic carbocycles. The summed E-state index contributed by atoms with van der Waals surface area (Å²) in [4.78, 5) is 6.90. The SMILES string of the molecule is C=C(/C=C(\C=C/C)N(C)c1ccccc1Sc1ccccc1)\C1=C/C=C\C=C\Nc2ccccc2S1. The summed E-state index contributed by atoms with van der Waals surface area (Å²) >= 11 is 3.49. The number of para-hydroxylation sites is 2. The van der Waals surface area contributed by atoms with Crippen LogP contribution in [0.15, 0.2) is 165 Å². The number of allylic oxidation sites excluding steroid dienone is 8. The minimum atomic E-state index is 0.956. The van der Waals surface area contributed by atoms with Gasteiger partial charge in [-0.3, -0.25) is 0 Å². The van der Waals surface area contributed by atoms with Gasteiger partial charge < -0.3 is 10.2 Å². The maximum atomic E-state index is 4.46. The first kappa shape index (κ1) is 25.5. The van der Waals surface area contributed by atoms with Crippen LogP contribution in [-0.2, 0) is 0 Å². The first-order valence-electron chi connectivity index (χ1n) is 11.8. The lowest BCUT2D eigenvalue weighted by Gasteiger charge is -2.24. The van der Waals surface area contributed by atoms with Crippen LogP contribution in [0.3, 0.4) is 0 Å². The molecule has 1 aliphatic rings. The highest BCUT2D eigenvalue weighted by molar-refractivity contribution is 8.03. The molecule has 1 aliphatic heterocycles. The number of fused-ring (bicyclic) bond motifs is 1. The maximum absolute atomic E-state index is 4.46. The Morgan fingerprint density at radius 3 is 2.50 bits per heavy atom. The quantitative estimate of drug-likeness (QED) is 0.321. The molecule has 0 aliphatic carbocycles. The first-order valence-corrected chi connectivity index (χ1v) is 13.5. The molecule has 0 atom stereocenters. The van der Waals surface area contributed by atoms with E-state index in [1.54, 1.807) is 23.5 Å². The second-order valence-electron chi connectivity index (χ2n) is 8.05. The van der Waals surface area contributed by atoms with Gasteiger partial charge >= 0.3 is 0 Å². The normalized spacial score (nSPS) is 16.8. The zero-order chi connectivity index (χ0) is 25.2. The number of anilines is 2. The summed E-state index contributed by atoms with van der Waals surface area (Å²) in [5.74, 6) is 0. The van der Waals surface area contributed by atoms with Crippen LogP contribution < -0.4 is 10.2 Å². The Kier molecular flexibility index (Phi) is 9.15. The third-order valence-electron chi connectivity index (χ3n) is 5.47. The zero-order valence-corrected chi connectivity index (χ0v) is 22.2. The number of hydrogen-bond donors (Lipinski definition) is 1. The topological polar surface area (TPSA) is 15.3 Å². The summed E-state index contributed by atoms with van der Waals surface area (Å²) in [6, 6.07) is 27.3. The lowest BCUT2D eigenvalue weighted by atomic mass is 10.2. The third-order valence-corrected chi connectivity index (χ3v) is 7.74. The molecule has 36 heavy (non-hydrogen) atoms. The van der Waals surface area contributed by atoms with Gasteiger partial charge in [-0.1, -0.05) is 90.8 Å². The van der Waals surface area contributed by atoms with Crippen LogP contribution in [0.25, 0.3) is 0 Å². The molecule has 0 saturated carbocycles. The van der Waals surface area contributed by atoms with Crippen molar-refractivity contribution >= 4 is 34.9 Å². The summed E-state index contributed by atoms with van der Waals surface area (Å²) in [7, 11) is 2.11. The van der Waals surface area contributed by atoms with Gasteiger partial charge in [-0.25, -0.2) is 0 Å². The Morgan fingerprint density at radius 2 is 1.67 bits per heavy atom. The Labute approximate surface area is 223 Å². The van der Waals surface area contributed by atoms with Crippen LogP contribution in [0.1, 0.15) is 6.92 Å². The van der Waals surface area contributed by atoms with Gasteiger partial charge in [-0.05, 0) is 73.2 Å². The second kappa shape index (κ2) is 12.9. The first-order chi connectivity index (χ1) is 17.7. The van der Waals surface area contributed by atoms with Crippen LogP contribution in [0.2, 0.25) is 0 Å². The summed E-state index contributed by atoms with van der Waals surface area (Å²) in [6.45, 7) is 6.51. The molecule has 0 bridgehead atoms. The molecule has 4 rings (SSSR count). The van der Waals surface area contributed by atoms with Gasteiger partial charge in [0.2, 0.25) is 0 Å². The van der Waals surface area contributed by atoms with Crippen molar-refractivity contribution in [2.45, 2.75) is 21.6 Å². The van der Waals surface area contributed by atoms with E-state index in [4.69, 9.17) is 0 Å². The highest BCUT2D eigenvalue weighted by Crippen LogP contribution is 2.39. The van der Waals surface area contributed by atoms with E-state index in [0.717, 1.165) is 32.4 Å². The summed E-state index contributed by atoms with van der Waals surface area (Å²) < 4.78 is 0. The van der Waals surface area contributed by atoms with Gasteiger partial charge in [-0.15, -0.1) is 0 Å². The highest BCUT2D eigenvalue weighted by atomic mass is 32.2. The van der Waals surface area contributed by atoms with Crippen molar-refractivity contribution in [2.75, 3.05) is 17.3 Å². The molecule has 1 N–H and O–H groups in total. The molecule has 0 spiro atoms. The predicted octanol–water partition coefficient (Wildman–Crippen LogP) is 9.46. The van der Waals surface area contributed by atoms with Crippen molar-refractivity contribution in [3.8, 4) is 0 Å². The maximum Gasteiger partial charge on any atom is 0.0549 e. The molecule has 180 valence electrons. The lowest BCUT2D eigenvalue weighted by molar-refractivity contribution is 1.10. The number of benzene rings is 3. The second-order valence-corrected chi connectivity index (χ2v) is 10.3. The van der Waals surface area contributed by atoms with E-state index in [1.165, 1.54) is 9.79 Å². The minimum Gasteiger partial charge on any atom is -0.361 e. The van der Waals surface area contributed by atoms with Gasteiger partial charge in [0.25, 0.3) is 0 Å². The van der Waals surface area contributed by atoms with Gasteiger partial charge in [0.1, 0.15) is 0 Å². The smallest absolute Gasteiger partial charge is 0.0549 e. The fourth-order valence-corrected chi connectivity index (χ4v) is 5.61. The molecule has 0 amide bonds. The van der Waals surface area contributed by atoms with E-state index in [2.05, 4.69) is 121 Å². The Hall–Kier alpha value is -3.60. The molecule has 0 saturated heterocycles. The van der Waals surface area contributed by atoms with Crippen LogP contribution in [-0.4, -0.2) is 7.05 Å². The molecule has 0 fully saturated rings. The fraction of sp³-hybridized carbons (Fsp3) is 0.0625. The Morgan fingerprint density at radius 1 is 0.917 bits per heavy atom. The fourth-order valence-electron chi connectivity index (χ4n) is 3.65. The molecule has 1 heterocycles. The van der Waals surface area contributed by atoms with Gasteiger partial charge in [0, 0.05) is 38.5 Å². The summed E-state index contributed by atoms with van der Waals surface area (Å²) in [5, 5.41) is 3.37. The van der Waals surface area contributed by atoms with Gasteiger partial charge in [0.05, 0.1) is 11.4 Å². The van der Waals surface area contributed by atoms with Crippen molar-refractivity contribution in [3.05, 3.63) is 150 Å². The largest absolute Gasteiger partial charge is 0.361 e. The molecule has 0 radical (unpaired) electrons. The number of likely N-dealkylation sites (N-methyl/N-ethyl adjacent to an activating group) is 1. The van der Waals surface area contributed by atoms with Crippen molar-refractivity contribution in [1.29, 1.82) is 0 Å². The summed E-state index contributed by atoms with van der Waals surface area (Å²) in [5.41, 5.74) is 4.25. The standard InChI is InChI=1S/C32H30N2S2/c1-4-15-26(34(3)29-19-11-13-22-32(29)35-27-16-7-5-8-17-27)24-25(2)30-20-9-6-14-23-33-28-18-10-12-21-31(28)36-30/h4-24,33H,2H2,1,3H3/b9-6-,15-4-,23-14+,26-24+,30-20+. The average Bonchev–Trinajstić information content (AvgIpc) is 2.91. The number of thioether (sulfide) groups is 1. The van der Waals surface area contributed by atoms with E-state index in [-0.39, 0.29) is 0 Å². The average molecular weight is 507 g/mol. The number of rotatable bonds is 7. The number of hydrogen-bond acceptors (Lipinski definition) is 4. The molecular weight excluding hydrogens is 477 g/mol. The Balaban J connectivity index is 1.66. The van der Waals surface area contributed by atoms with Crippen LogP contribution >= 0.6 is 23.5 Å². The van der Waals surface area contributed by atoms with Crippen LogP contribution in [0, 0.1) is 0 Å². The Bertz CT molecular complexity index is 1350. The zero-order valence-electron chi connectivity index (χ0n) is 20.6. The van der Waals surface area contributed by atoms with E-state index in [0.29, 0.717) is 0 Å². The number of nitrogens with zero attached hydrogens (tertiary/aromatic N) is 1. The molecule has 2 nitrogen and oxygen atoms in total. The minimum absolute atomic E-state index is 0.956. The molecule has 0 unspecified atom stereocenters. The lowest BCUT2D eigenvalue weighted by Crippen LogP contribution is -2.16. The van der Waals surface area contributed by atoms with Crippen molar-refractivity contribution in [3.63, 3.8) is 0 Å². The van der Waals surface area contributed by atoms with E-state index >= 15 is 0 Å². The monoisotopic (exact) mass is 506 g/mol. The third kappa shape index (κ3) is 6.75. The molecule has 3 aromatic rings. The van der Waals surface area contributed by atoms with Crippen LogP contribution in [0.5, 0.6) is 0 Å². The van der Waals surface area contributed by atoms with Crippen molar-refractivity contribution < 1.29 is 0 Å². The van der Waals surface area contributed by atoms with Gasteiger partial charge in [0.15, 0.2) is 0 Å². The summed E-state index contributed by atoms with van der Waals surface area (Å²) in [6.07, 6.45) is 16.5. The van der Waals surface area contributed by atoms with E-state index in [9.17, 15) is 0 Å². The highest BCUT2D eigenvalue weighted by Gasteiger charge is 2.13.